The predicted molar refractivity (Wildman–Crippen MR) is 77.0 cm³/mol. The molecule has 4 nitrogen and oxygen atoms in total. The van der Waals surface area contributed by atoms with E-state index in [4.69, 9.17) is 0 Å². The highest BCUT2D eigenvalue weighted by Gasteiger charge is 2.31. The summed E-state index contributed by atoms with van der Waals surface area (Å²) in [5, 5.41) is 3.26. The number of hydrogen-bond acceptors (Lipinski definition) is 3. The van der Waals surface area contributed by atoms with Crippen molar-refractivity contribution in [1.82, 2.24) is 10.0 Å². The molecule has 22 heavy (non-hydrogen) atoms. The van der Waals surface area contributed by atoms with Crippen molar-refractivity contribution in [2.45, 2.75) is 43.3 Å². The molecule has 124 valence electrons. The first kappa shape index (κ1) is 17.2. The molecule has 1 aromatic carbocycles. The van der Waals surface area contributed by atoms with Gasteiger partial charge in [-0.1, -0.05) is 0 Å². The van der Waals surface area contributed by atoms with Gasteiger partial charge in [0.2, 0.25) is 10.0 Å². The summed E-state index contributed by atoms with van der Waals surface area (Å²) in [6, 6.07) is 2.96. The molecule has 0 bridgehead atoms. The van der Waals surface area contributed by atoms with Crippen LogP contribution >= 0.6 is 0 Å². The lowest BCUT2D eigenvalue weighted by molar-refractivity contribution is -0.137. The summed E-state index contributed by atoms with van der Waals surface area (Å²) >= 11 is 0. The van der Waals surface area contributed by atoms with Crippen LogP contribution in [0.2, 0.25) is 0 Å². The van der Waals surface area contributed by atoms with Crippen molar-refractivity contribution < 1.29 is 21.6 Å². The topological polar surface area (TPSA) is 58.2 Å². The maximum atomic E-state index is 12.6. The van der Waals surface area contributed by atoms with Crippen LogP contribution < -0.4 is 10.0 Å². The summed E-state index contributed by atoms with van der Waals surface area (Å²) in [7, 11) is -3.79. The van der Waals surface area contributed by atoms with Crippen LogP contribution in [0, 0.1) is 6.92 Å². The first-order valence-electron chi connectivity index (χ1n) is 7.11. The Morgan fingerprint density at radius 2 is 2.09 bits per heavy atom. The number of aryl methyl sites for hydroxylation is 1. The smallest absolute Gasteiger partial charge is 0.314 e. The van der Waals surface area contributed by atoms with E-state index >= 15 is 0 Å². The molecule has 1 aromatic rings. The van der Waals surface area contributed by atoms with Gasteiger partial charge in [-0.25, -0.2) is 13.1 Å². The third kappa shape index (κ3) is 4.21. The standard InChI is InChI=1S/C14H19F3N2O2S/c1-10-9-11(14(15,16)17)4-5-13(10)22(20,21)19-8-6-12-3-2-7-18-12/h4-5,9,12,18-19H,2-3,6-8H2,1H3/t12-/m1/s1. The molecule has 1 atom stereocenters. The second-order valence-electron chi connectivity index (χ2n) is 5.46. The van der Waals surface area contributed by atoms with Crippen molar-refractivity contribution >= 4 is 10.0 Å². The van der Waals surface area contributed by atoms with Crippen LogP contribution in [0.15, 0.2) is 23.1 Å². The SMILES string of the molecule is Cc1cc(C(F)(F)F)ccc1S(=O)(=O)NCC[C@H]1CCCN1. The molecular formula is C14H19F3N2O2S. The third-order valence-corrected chi connectivity index (χ3v) is 5.36. The van der Waals surface area contributed by atoms with E-state index in [1.165, 1.54) is 6.92 Å². The van der Waals surface area contributed by atoms with Crippen molar-refractivity contribution in [3.63, 3.8) is 0 Å². The molecule has 0 unspecified atom stereocenters. The molecule has 1 heterocycles. The fourth-order valence-corrected chi connectivity index (χ4v) is 3.85. The van der Waals surface area contributed by atoms with Crippen molar-refractivity contribution in [1.29, 1.82) is 0 Å². The molecule has 0 aromatic heterocycles. The van der Waals surface area contributed by atoms with E-state index in [-0.39, 0.29) is 17.0 Å². The van der Waals surface area contributed by atoms with Crippen molar-refractivity contribution in [2.75, 3.05) is 13.1 Å². The number of alkyl halides is 3. The van der Waals surface area contributed by atoms with Crippen molar-refractivity contribution in [3.05, 3.63) is 29.3 Å². The summed E-state index contributed by atoms with van der Waals surface area (Å²) in [5.74, 6) is 0. The van der Waals surface area contributed by atoms with Gasteiger partial charge in [-0.15, -0.1) is 0 Å². The Labute approximate surface area is 128 Å². The van der Waals surface area contributed by atoms with E-state index in [9.17, 15) is 21.6 Å². The van der Waals surface area contributed by atoms with Crippen molar-refractivity contribution in [2.24, 2.45) is 0 Å². The minimum atomic E-state index is -4.48. The largest absolute Gasteiger partial charge is 0.416 e. The van der Waals surface area contributed by atoms with E-state index in [1.54, 1.807) is 0 Å². The summed E-state index contributed by atoms with van der Waals surface area (Å²) in [5.41, 5.74) is -0.763. The Morgan fingerprint density at radius 1 is 1.36 bits per heavy atom. The van der Waals surface area contributed by atoms with Crippen LogP contribution in [0.4, 0.5) is 13.2 Å². The number of benzene rings is 1. The number of rotatable bonds is 5. The van der Waals surface area contributed by atoms with E-state index in [0.717, 1.165) is 37.6 Å². The van der Waals surface area contributed by atoms with Crippen LogP contribution in [0.1, 0.15) is 30.4 Å². The maximum absolute atomic E-state index is 12.6. The zero-order chi connectivity index (χ0) is 16.4. The summed E-state index contributed by atoms with van der Waals surface area (Å²) < 4.78 is 64.6. The Morgan fingerprint density at radius 3 is 2.64 bits per heavy atom. The molecule has 8 heteroatoms. The summed E-state index contributed by atoms with van der Waals surface area (Å²) in [6.07, 6.45) is -1.72. The average molecular weight is 336 g/mol. The second kappa shape index (κ2) is 6.55. The van der Waals surface area contributed by atoms with Gasteiger partial charge in [0.05, 0.1) is 10.5 Å². The van der Waals surface area contributed by atoms with Crippen LogP contribution in [0.25, 0.3) is 0 Å². The van der Waals surface area contributed by atoms with Gasteiger partial charge < -0.3 is 5.32 Å². The molecular weight excluding hydrogens is 317 g/mol. The van der Waals surface area contributed by atoms with Crippen molar-refractivity contribution in [3.8, 4) is 0 Å². The average Bonchev–Trinajstić information content (AvgIpc) is 2.90. The Bertz CT molecular complexity index is 623. The molecule has 0 radical (unpaired) electrons. The lowest BCUT2D eigenvalue weighted by atomic mass is 10.1. The van der Waals surface area contributed by atoms with Gasteiger partial charge in [-0.05, 0) is 56.5 Å². The predicted octanol–water partition coefficient (Wildman–Crippen LogP) is 2.43. The molecule has 1 fully saturated rings. The van der Waals surface area contributed by atoms with E-state index in [2.05, 4.69) is 10.0 Å². The third-order valence-electron chi connectivity index (χ3n) is 3.74. The van der Waals surface area contributed by atoms with Crippen LogP contribution in [-0.4, -0.2) is 27.5 Å². The van der Waals surface area contributed by atoms with Gasteiger partial charge in [0.15, 0.2) is 0 Å². The van der Waals surface area contributed by atoms with Gasteiger partial charge in [0.1, 0.15) is 0 Å². The Kier molecular flexibility index (Phi) is 5.14. The van der Waals surface area contributed by atoms with Gasteiger partial charge in [-0.3, -0.25) is 0 Å². The van der Waals surface area contributed by atoms with Crippen LogP contribution in [0.3, 0.4) is 0 Å². The number of nitrogens with one attached hydrogen (secondary N) is 2. The van der Waals surface area contributed by atoms with Crippen LogP contribution in [0.5, 0.6) is 0 Å². The first-order valence-corrected chi connectivity index (χ1v) is 8.59. The fourth-order valence-electron chi connectivity index (χ4n) is 2.58. The highest BCUT2D eigenvalue weighted by atomic mass is 32.2. The lowest BCUT2D eigenvalue weighted by Gasteiger charge is -2.14. The van der Waals surface area contributed by atoms with Gasteiger partial charge in [0, 0.05) is 12.6 Å². The molecule has 0 aliphatic carbocycles. The Balaban J connectivity index is 2.05. The molecule has 0 spiro atoms. The highest BCUT2D eigenvalue weighted by molar-refractivity contribution is 7.89. The molecule has 1 saturated heterocycles. The number of halogens is 3. The molecule has 1 aliphatic heterocycles. The van der Waals surface area contributed by atoms with Gasteiger partial charge in [0.25, 0.3) is 0 Å². The molecule has 2 rings (SSSR count). The molecule has 0 amide bonds. The second-order valence-corrected chi connectivity index (χ2v) is 7.19. The molecule has 0 saturated carbocycles. The zero-order valence-corrected chi connectivity index (χ0v) is 13.0. The first-order chi connectivity index (χ1) is 10.2. The number of sulfonamides is 1. The quantitative estimate of drug-likeness (QED) is 0.868. The van der Waals surface area contributed by atoms with Gasteiger partial charge in [-0.2, -0.15) is 13.2 Å². The maximum Gasteiger partial charge on any atom is 0.416 e. The fraction of sp³-hybridized carbons (Fsp3) is 0.571. The molecule has 2 N–H and O–H groups in total. The minimum absolute atomic E-state index is 0.0846. The highest BCUT2D eigenvalue weighted by Crippen LogP contribution is 2.31. The van der Waals surface area contributed by atoms with Gasteiger partial charge >= 0.3 is 6.18 Å². The minimum Gasteiger partial charge on any atom is -0.314 e. The number of hydrogen-bond donors (Lipinski definition) is 2. The molecule has 1 aliphatic rings. The Hall–Kier alpha value is -1.12. The summed E-state index contributed by atoms with van der Waals surface area (Å²) in [4.78, 5) is -0.111. The van der Waals surface area contributed by atoms with E-state index in [0.29, 0.717) is 12.5 Å². The van der Waals surface area contributed by atoms with E-state index in [1.807, 2.05) is 0 Å². The normalized spacial score (nSPS) is 19.5. The van der Waals surface area contributed by atoms with E-state index < -0.39 is 21.8 Å². The monoisotopic (exact) mass is 336 g/mol. The zero-order valence-electron chi connectivity index (χ0n) is 12.2. The lowest BCUT2D eigenvalue weighted by Crippen LogP contribution is -2.31. The van der Waals surface area contributed by atoms with Crippen LogP contribution in [-0.2, 0) is 16.2 Å². The summed E-state index contributed by atoms with van der Waals surface area (Å²) in [6.45, 7) is 2.57.